The van der Waals surface area contributed by atoms with Crippen molar-refractivity contribution in [2.75, 3.05) is 32.5 Å². The first-order valence-corrected chi connectivity index (χ1v) is 6.91. The number of hydrogen-bond donors (Lipinski definition) is 1. The summed E-state index contributed by atoms with van der Waals surface area (Å²) in [4.78, 5) is 0. The number of nitrogens with zero attached hydrogens (tertiary/aromatic N) is 1. The van der Waals surface area contributed by atoms with Crippen molar-refractivity contribution in [3.8, 4) is 0 Å². The average molecular weight is 236 g/mol. The molecule has 1 unspecified atom stereocenters. The van der Waals surface area contributed by atoms with Gasteiger partial charge in [0.2, 0.25) is 10.0 Å². The summed E-state index contributed by atoms with van der Waals surface area (Å²) in [6.07, 6.45) is 2.39. The summed E-state index contributed by atoms with van der Waals surface area (Å²) in [6, 6.07) is 0. The fourth-order valence-electron chi connectivity index (χ4n) is 1.74. The number of nitrogens with two attached hydrogens (primary N) is 1. The highest BCUT2D eigenvalue weighted by atomic mass is 32.2. The third-order valence-electron chi connectivity index (χ3n) is 2.67. The second-order valence-corrected chi connectivity index (χ2v) is 5.90. The molecule has 0 bridgehead atoms. The lowest BCUT2D eigenvalue weighted by Crippen LogP contribution is -2.44. The minimum Gasteiger partial charge on any atom is -0.380 e. The van der Waals surface area contributed by atoms with E-state index in [2.05, 4.69) is 0 Å². The van der Waals surface area contributed by atoms with Crippen LogP contribution in [-0.2, 0) is 14.8 Å². The third-order valence-corrected chi connectivity index (χ3v) is 4.60. The van der Waals surface area contributed by atoms with Crippen molar-refractivity contribution in [1.29, 1.82) is 0 Å². The van der Waals surface area contributed by atoms with E-state index in [4.69, 9.17) is 10.5 Å². The first-order chi connectivity index (χ1) is 7.10. The van der Waals surface area contributed by atoms with Crippen molar-refractivity contribution in [3.63, 3.8) is 0 Å². The maximum absolute atomic E-state index is 11.8. The van der Waals surface area contributed by atoms with Crippen LogP contribution in [0.5, 0.6) is 0 Å². The van der Waals surface area contributed by atoms with Crippen LogP contribution in [-0.4, -0.2) is 51.3 Å². The fourth-order valence-corrected chi connectivity index (χ4v) is 3.34. The summed E-state index contributed by atoms with van der Waals surface area (Å²) >= 11 is 0. The van der Waals surface area contributed by atoms with Gasteiger partial charge in [0.25, 0.3) is 0 Å². The molecule has 0 saturated carbocycles. The van der Waals surface area contributed by atoms with Gasteiger partial charge in [0, 0.05) is 20.2 Å². The Balaban J connectivity index is 2.54. The molecule has 0 spiro atoms. The van der Waals surface area contributed by atoms with E-state index >= 15 is 0 Å². The maximum Gasteiger partial charge on any atom is 0.214 e. The Labute approximate surface area is 91.6 Å². The number of sulfonamides is 1. The van der Waals surface area contributed by atoms with Crippen molar-refractivity contribution in [2.45, 2.75) is 25.4 Å². The second kappa shape index (κ2) is 5.79. The Morgan fingerprint density at radius 2 is 2.27 bits per heavy atom. The Kier molecular flexibility index (Phi) is 4.98. The van der Waals surface area contributed by atoms with Gasteiger partial charge in [-0.25, -0.2) is 8.42 Å². The van der Waals surface area contributed by atoms with Gasteiger partial charge in [0.05, 0.1) is 11.9 Å². The van der Waals surface area contributed by atoms with Crippen molar-refractivity contribution in [3.05, 3.63) is 0 Å². The number of methoxy groups -OCH3 is 1. The van der Waals surface area contributed by atoms with Gasteiger partial charge in [0.15, 0.2) is 0 Å². The summed E-state index contributed by atoms with van der Waals surface area (Å²) in [5, 5.41) is 0. The first kappa shape index (κ1) is 12.9. The van der Waals surface area contributed by atoms with Crippen LogP contribution in [0.1, 0.15) is 19.3 Å². The highest BCUT2D eigenvalue weighted by Gasteiger charge is 2.28. The molecule has 1 saturated heterocycles. The summed E-state index contributed by atoms with van der Waals surface area (Å²) in [5.74, 6) is 0.153. The SMILES string of the molecule is COC1CCCN(S(=O)(=O)CCCN)C1. The summed E-state index contributed by atoms with van der Waals surface area (Å²) in [7, 11) is -1.49. The van der Waals surface area contributed by atoms with Gasteiger partial charge in [-0.2, -0.15) is 4.31 Å². The highest BCUT2D eigenvalue weighted by molar-refractivity contribution is 7.89. The number of ether oxygens (including phenoxy) is 1. The molecule has 90 valence electrons. The molecule has 1 rings (SSSR count). The Morgan fingerprint density at radius 3 is 2.87 bits per heavy atom. The number of rotatable bonds is 5. The van der Waals surface area contributed by atoms with Crippen molar-refractivity contribution in [2.24, 2.45) is 5.73 Å². The summed E-state index contributed by atoms with van der Waals surface area (Å²) in [6.45, 7) is 1.52. The lowest BCUT2D eigenvalue weighted by Gasteiger charge is -2.31. The van der Waals surface area contributed by atoms with Crippen molar-refractivity contribution < 1.29 is 13.2 Å². The summed E-state index contributed by atoms with van der Waals surface area (Å²) in [5.41, 5.74) is 5.31. The number of piperidine rings is 1. The van der Waals surface area contributed by atoms with Gasteiger partial charge in [-0.15, -0.1) is 0 Å². The average Bonchev–Trinajstić information content (AvgIpc) is 2.26. The lowest BCUT2D eigenvalue weighted by molar-refractivity contribution is 0.0572. The van der Waals surface area contributed by atoms with E-state index in [1.54, 1.807) is 7.11 Å². The summed E-state index contributed by atoms with van der Waals surface area (Å²) < 4.78 is 30.4. The molecule has 1 atom stereocenters. The molecule has 1 aliphatic heterocycles. The molecular formula is C9H20N2O3S. The molecule has 0 amide bonds. The zero-order valence-corrected chi connectivity index (χ0v) is 10.0. The minimum atomic E-state index is -3.12. The fraction of sp³-hybridized carbons (Fsp3) is 1.00. The van der Waals surface area contributed by atoms with E-state index in [9.17, 15) is 8.42 Å². The molecular weight excluding hydrogens is 216 g/mol. The number of hydrogen-bond acceptors (Lipinski definition) is 4. The molecule has 0 radical (unpaired) electrons. The molecule has 1 aliphatic rings. The van der Waals surface area contributed by atoms with E-state index in [1.807, 2.05) is 0 Å². The Hall–Kier alpha value is -0.170. The smallest absolute Gasteiger partial charge is 0.214 e. The van der Waals surface area contributed by atoms with E-state index in [0.717, 1.165) is 12.8 Å². The van der Waals surface area contributed by atoms with Crippen LogP contribution in [0, 0.1) is 0 Å². The van der Waals surface area contributed by atoms with Crippen LogP contribution >= 0.6 is 0 Å². The molecule has 15 heavy (non-hydrogen) atoms. The van der Waals surface area contributed by atoms with Gasteiger partial charge >= 0.3 is 0 Å². The normalized spacial score (nSPS) is 24.3. The highest BCUT2D eigenvalue weighted by Crippen LogP contribution is 2.16. The zero-order chi connectivity index (χ0) is 11.3. The van der Waals surface area contributed by atoms with Gasteiger partial charge in [-0.3, -0.25) is 0 Å². The van der Waals surface area contributed by atoms with Gasteiger partial charge in [0.1, 0.15) is 0 Å². The standard InChI is InChI=1S/C9H20N2O3S/c1-14-9-4-2-6-11(8-9)15(12,13)7-3-5-10/h9H,2-8,10H2,1H3. The van der Waals surface area contributed by atoms with Crippen LogP contribution in [0.25, 0.3) is 0 Å². The molecule has 0 aromatic rings. The van der Waals surface area contributed by atoms with Crippen LogP contribution < -0.4 is 5.73 Å². The molecule has 0 aliphatic carbocycles. The van der Waals surface area contributed by atoms with Gasteiger partial charge in [-0.1, -0.05) is 0 Å². The largest absolute Gasteiger partial charge is 0.380 e. The molecule has 2 N–H and O–H groups in total. The zero-order valence-electron chi connectivity index (χ0n) is 9.18. The van der Waals surface area contributed by atoms with E-state index in [1.165, 1.54) is 4.31 Å². The molecule has 0 aromatic carbocycles. The topological polar surface area (TPSA) is 72.6 Å². The van der Waals surface area contributed by atoms with E-state index in [0.29, 0.717) is 26.1 Å². The molecule has 5 nitrogen and oxygen atoms in total. The minimum absolute atomic E-state index is 0.0476. The molecule has 1 heterocycles. The molecule has 0 aromatic heterocycles. The quantitative estimate of drug-likeness (QED) is 0.716. The maximum atomic E-state index is 11.8. The van der Waals surface area contributed by atoms with Crippen LogP contribution in [0.4, 0.5) is 0 Å². The van der Waals surface area contributed by atoms with Crippen LogP contribution in [0.15, 0.2) is 0 Å². The first-order valence-electron chi connectivity index (χ1n) is 5.31. The second-order valence-electron chi connectivity index (χ2n) is 3.82. The predicted molar refractivity (Wildman–Crippen MR) is 59.1 cm³/mol. The van der Waals surface area contributed by atoms with Gasteiger partial charge in [-0.05, 0) is 25.8 Å². The van der Waals surface area contributed by atoms with Crippen LogP contribution in [0.2, 0.25) is 0 Å². The van der Waals surface area contributed by atoms with Gasteiger partial charge < -0.3 is 10.5 Å². The molecule has 1 fully saturated rings. The van der Waals surface area contributed by atoms with Crippen molar-refractivity contribution >= 4 is 10.0 Å². The van der Waals surface area contributed by atoms with Crippen molar-refractivity contribution in [1.82, 2.24) is 4.31 Å². The molecule has 6 heteroatoms. The van der Waals surface area contributed by atoms with E-state index < -0.39 is 10.0 Å². The third kappa shape index (κ3) is 3.71. The Morgan fingerprint density at radius 1 is 1.53 bits per heavy atom. The monoisotopic (exact) mass is 236 g/mol. The lowest BCUT2D eigenvalue weighted by atomic mass is 10.1. The van der Waals surface area contributed by atoms with Crippen LogP contribution in [0.3, 0.4) is 0 Å². The van der Waals surface area contributed by atoms with E-state index in [-0.39, 0.29) is 11.9 Å². The predicted octanol–water partition coefficient (Wildman–Crippen LogP) is -0.224. The Bertz CT molecular complexity index is 279.